The molecule has 0 bridgehead atoms. The van der Waals surface area contributed by atoms with Crippen molar-refractivity contribution in [3.05, 3.63) is 34.5 Å². The molecule has 2 aliphatic rings. The lowest BCUT2D eigenvalue weighted by Crippen LogP contribution is -2.42. The summed E-state index contributed by atoms with van der Waals surface area (Å²) in [4.78, 5) is 25.5. The van der Waals surface area contributed by atoms with E-state index in [1.807, 2.05) is 38.1 Å². The number of nitrogens with one attached hydrogen (secondary N) is 2. The highest BCUT2D eigenvalue weighted by atomic mass is 32.1. The van der Waals surface area contributed by atoms with Gasteiger partial charge in [-0.2, -0.15) is 0 Å². The molecule has 4 N–H and O–H groups in total. The molecule has 1 aliphatic heterocycles. The lowest BCUT2D eigenvalue weighted by Gasteiger charge is -2.29. The molecule has 1 saturated heterocycles. The van der Waals surface area contributed by atoms with Gasteiger partial charge in [-0.1, -0.05) is 0 Å². The van der Waals surface area contributed by atoms with Gasteiger partial charge in [0.05, 0.1) is 36.0 Å². The summed E-state index contributed by atoms with van der Waals surface area (Å²) in [5.74, 6) is 0.832. The third-order valence-electron chi connectivity index (χ3n) is 6.40. The van der Waals surface area contributed by atoms with E-state index >= 15 is 0 Å². The van der Waals surface area contributed by atoms with Gasteiger partial charge in [-0.25, -0.2) is 9.97 Å². The number of ether oxygens (including phenoxy) is 1. The molecule has 1 aromatic carbocycles. The number of rotatable bonds is 5. The first kappa shape index (κ1) is 24.9. The minimum atomic E-state index is 0.260. The van der Waals surface area contributed by atoms with Gasteiger partial charge in [-0.15, -0.1) is 11.3 Å². The summed E-state index contributed by atoms with van der Waals surface area (Å²) in [7, 11) is 3.96. The van der Waals surface area contributed by atoms with Crippen molar-refractivity contribution in [2.45, 2.75) is 38.6 Å². The number of carbonyl (C=O) groups excluding carboxylic acids is 1. The van der Waals surface area contributed by atoms with E-state index in [1.54, 1.807) is 22.6 Å². The average Bonchev–Trinajstić information content (AvgIpc) is 3.25. The Morgan fingerprint density at radius 2 is 2.09 bits per heavy atom. The van der Waals surface area contributed by atoms with Crippen LogP contribution in [-0.2, 0) is 22.4 Å². The van der Waals surface area contributed by atoms with Gasteiger partial charge in [0.1, 0.15) is 17.0 Å². The van der Waals surface area contributed by atoms with Crippen molar-refractivity contribution in [1.29, 1.82) is 5.41 Å². The molecule has 0 spiro atoms. The Balaban J connectivity index is 0.000000271. The van der Waals surface area contributed by atoms with E-state index in [2.05, 4.69) is 15.3 Å². The normalized spacial score (nSPS) is 17.2. The number of hydrogen-bond donors (Lipinski definition) is 3. The smallest absolute Gasteiger partial charge is 0.210 e. The number of anilines is 4. The van der Waals surface area contributed by atoms with Gasteiger partial charge < -0.3 is 31.0 Å². The highest BCUT2D eigenvalue weighted by Gasteiger charge is 2.21. The predicted octanol–water partition coefficient (Wildman–Crippen LogP) is 3.82. The van der Waals surface area contributed by atoms with Crippen molar-refractivity contribution in [3.8, 4) is 0 Å². The summed E-state index contributed by atoms with van der Waals surface area (Å²) in [6.45, 7) is 4.08. The molecule has 3 aromatic rings. The molecule has 1 fully saturated rings. The Hall–Kier alpha value is -3.24. The fourth-order valence-electron chi connectivity index (χ4n) is 4.43. The molecule has 3 heterocycles. The van der Waals surface area contributed by atoms with Crippen molar-refractivity contribution in [3.63, 3.8) is 0 Å². The maximum Gasteiger partial charge on any atom is 0.210 e. The molecular formula is C25H33N7O2S. The van der Waals surface area contributed by atoms with Crippen LogP contribution in [0.1, 0.15) is 35.8 Å². The number of carbonyl (C=O) groups is 1. The molecule has 1 atom stereocenters. The molecule has 35 heavy (non-hydrogen) atoms. The quantitative estimate of drug-likeness (QED) is 0.279. The largest absolute Gasteiger partial charge is 0.398 e. The van der Waals surface area contributed by atoms with E-state index in [9.17, 15) is 4.79 Å². The van der Waals surface area contributed by atoms with Crippen LogP contribution in [0.3, 0.4) is 0 Å². The third-order valence-corrected chi connectivity index (χ3v) is 7.60. The SMILES string of the molecule is CC1COCCN1C=O.CN(C)c1cc(N)c(C=N)cc1Nc1ncnc2sc3c(c12)CCCC3. The van der Waals surface area contributed by atoms with Crippen LogP contribution in [-0.4, -0.2) is 67.4 Å². The molecule has 1 amide bonds. The van der Waals surface area contributed by atoms with Crippen LogP contribution in [0.15, 0.2) is 18.5 Å². The summed E-state index contributed by atoms with van der Waals surface area (Å²) < 4.78 is 5.11. The average molecular weight is 496 g/mol. The minimum absolute atomic E-state index is 0.260. The van der Waals surface area contributed by atoms with Crippen molar-refractivity contribution >= 4 is 57.1 Å². The highest BCUT2D eigenvalue weighted by Crippen LogP contribution is 2.40. The number of thiophene rings is 1. The molecule has 1 aliphatic carbocycles. The molecule has 2 aromatic heterocycles. The second-order valence-electron chi connectivity index (χ2n) is 9.04. The maximum absolute atomic E-state index is 10.2. The van der Waals surface area contributed by atoms with Crippen molar-refractivity contribution < 1.29 is 9.53 Å². The number of aromatic nitrogens is 2. The second kappa shape index (κ2) is 11.0. The number of nitrogen functional groups attached to an aromatic ring is 1. The van der Waals surface area contributed by atoms with Crippen LogP contribution in [0.5, 0.6) is 0 Å². The third kappa shape index (κ3) is 5.38. The zero-order valence-corrected chi connectivity index (χ0v) is 21.3. The molecule has 0 radical (unpaired) electrons. The van der Waals surface area contributed by atoms with Crippen LogP contribution in [0, 0.1) is 5.41 Å². The molecule has 5 rings (SSSR count). The van der Waals surface area contributed by atoms with Crippen LogP contribution in [0.25, 0.3) is 10.2 Å². The van der Waals surface area contributed by atoms with Gasteiger partial charge in [0.25, 0.3) is 0 Å². The lowest BCUT2D eigenvalue weighted by atomic mass is 9.97. The molecule has 10 heteroatoms. The monoisotopic (exact) mass is 495 g/mol. The highest BCUT2D eigenvalue weighted by molar-refractivity contribution is 7.19. The second-order valence-corrected chi connectivity index (χ2v) is 10.1. The maximum atomic E-state index is 10.2. The molecular weight excluding hydrogens is 462 g/mol. The van der Waals surface area contributed by atoms with Gasteiger partial charge in [-0.05, 0) is 50.3 Å². The number of nitrogens with zero attached hydrogens (tertiary/aromatic N) is 4. The molecule has 0 saturated carbocycles. The van der Waals surface area contributed by atoms with E-state index in [4.69, 9.17) is 15.9 Å². The van der Waals surface area contributed by atoms with Crippen molar-refractivity contribution in [2.24, 2.45) is 0 Å². The van der Waals surface area contributed by atoms with E-state index < -0.39 is 0 Å². The van der Waals surface area contributed by atoms with Gasteiger partial charge in [0.15, 0.2) is 0 Å². The van der Waals surface area contributed by atoms with Crippen LogP contribution in [0.2, 0.25) is 0 Å². The Bertz CT molecular complexity index is 1210. The summed E-state index contributed by atoms with van der Waals surface area (Å²) in [6, 6.07) is 4.06. The number of amides is 1. The Labute approximate surface area is 209 Å². The van der Waals surface area contributed by atoms with Crippen LogP contribution in [0.4, 0.5) is 22.9 Å². The molecule has 186 valence electrons. The molecule has 9 nitrogen and oxygen atoms in total. The zero-order chi connectivity index (χ0) is 24.9. The number of morpholine rings is 1. The van der Waals surface area contributed by atoms with Gasteiger partial charge >= 0.3 is 0 Å². The minimum Gasteiger partial charge on any atom is -0.398 e. The number of nitrogens with two attached hydrogens (primary N) is 1. The number of benzene rings is 1. The number of hydrogen-bond acceptors (Lipinski definition) is 9. The lowest BCUT2D eigenvalue weighted by molar-refractivity contribution is -0.125. The van der Waals surface area contributed by atoms with Crippen LogP contribution < -0.4 is 16.0 Å². The van der Waals surface area contributed by atoms with Crippen molar-refractivity contribution in [2.75, 3.05) is 49.8 Å². The first-order valence-corrected chi connectivity index (χ1v) is 12.7. The standard InChI is InChI=1S/C19H22N6S.C6H11NO2/c1-25(2)15-8-13(21)11(9-20)7-14(15)24-18-17-12-5-3-4-6-16(12)26-19(17)23-10-22-18;1-6-4-9-3-2-7(6)5-8/h7-10,20H,3-6,21H2,1-2H3,(H,22,23,24);5-6H,2-4H2,1H3. The first-order valence-electron chi connectivity index (χ1n) is 11.8. The van der Waals surface area contributed by atoms with E-state index in [1.165, 1.54) is 29.5 Å². The number of aryl methyl sites for hydroxylation is 2. The van der Waals surface area contributed by atoms with Gasteiger partial charge in [-0.3, -0.25) is 4.79 Å². The van der Waals surface area contributed by atoms with Gasteiger partial charge in [0, 0.05) is 43.0 Å². The number of fused-ring (bicyclic) bond motifs is 3. The summed E-state index contributed by atoms with van der Waals surface area (Å²) >= 11 is 1.79. The Morgan fingerprint density at radius 3 is 2.77 bits per heavy atom. The zero-order valence-electron chi connectivity index (χ0n) is 20.5. The topological polar surface area (TPSA) is 120 Å². The van der Waals surface area contributed by atoms with Crippen molar-refractivity contribution in [1.82, 2.24) is 14.9 Å². The molecule has 1 unspecified atom stereocenters. The first-order chi connectivity index (χ1) is 16.9. The Morgan fingerprint density at radius 1 is 1.29 bits per heavy atom. The summed E-state index contributed by atoms with van der Waals surface area (Å²) in [6.07, 6.45) is 8.48. The van der Waals surface area contributed by atoms with E-state index in [0.717, 1.165) is 53.2 Å². The summed E-state index contributed by atoms with van der Waals surface area (Å²) in [5, 5.41) is 12.2. The predicted molar refractivity (Wildman–Crippen MR) is 143 cm³/mol. The van der Waals surface area contributed by atoms with E-state index in [0.29, 0.717) is 24.5 Å². The van der Waals surface area contributed by atoms with Gasteiger partial charge in [0.2, 0.25) is 6.41 Å². The fraction of sp³-hybridized carbons (Fsp3) is 0.440. The Kier molecular flexibility index (Phi) is 7.82. The van der Waals surface area contributed by atoms with E-state index in [-0.39, 0.29) is 6.04 Å². The van der Waals surface area contributed by atoms with Crippen LogP contribution >= 0.6 is 11.3 Å². The summed E-state index contributed by atoms with van der Waals surface area (Å²) in [5.41, 5.74) is 10.6. The fourth-order valence-corrected chi connectivity index (χ4v) is 5.65.